The molecule has 2 N–H and O–H groups in total. The number of alkyl halides is 2. The SMILES string of the molecule is COc1ccc(C2CC(OC(C)=O)CCC2NC(=O)c2ccc(C(=O)O)cc2)cc1OC(F)F. The second kappa shape index (κ2) is 11.0. The Hall–Kier alpha value is -3.69. The fourth-order valence-corrected chi connectivity index (χ4v) is 4.14. The number of carboxylic acids is 1. The van der Waals surface area contributed by atoms with E-state index < -0.39 is 36.6 Å². The maximum absolute atomic E-state index is 12.9. The van der Waals surface area contributed by atoms with Gasteiger partial charge in [0, 0.05) is 24.4 Å². The molecule has 8 nitrogen and oxygen atoms in total. The number of aromatic carboxylic acids is 1. The number of methoxy groups -OCH3 is 1. The number of carboxylic acid groups (broad SMARTS) is 1. The van der Waals surface area contributed by atoms with E-state index in [-0.39, 0.29) is 28.5 Å². The molecule has 1 saturated carbocycles. The zero-order valence-electron chi connectivity index (χ0n) is 18.6. The summed E-state index contributed by atoms with van der Waals surface area (Å²) >= 11 is 0. The van der Waals surface area contributed by atoms with E-state index in [1.165, 1.54) is 50.4 Å². The van der Waals surface area contributed by atoms with Crippen molar-refractivity contribution in [3.63, 3.8) is 0 Å². The smallest absolute Gasteiger partial charge is 0.387 e. The first-order valence-corrected chi connectivity index (χ1v) is 10.6. The summed E-state index contributed by atoms with van der Waals surface area (Å²) in [6.45, 7) is -1.74. The third-order valence-corrected chi connectivity index (χ3v) is 5.68. The molecule has 3 unspecified atom stereocenters. The van der Waals surface area contributed by atoms with Crippen molar-refractivity contribution in [2.75, 3.05) is 7.11 Å². The van der Waals surface area contributed by atoms with Gasteiger partial charge in [-0.15, -0.1) is 0 Å². The van der Waals surface area contributed by atoms with E-state index in [9.17, 15) is 23.2 Å². The van der Waals surface area contributed by atoms with Crippen LogP contribution in [0.15, 0.2) is 42.5 Å². The number of nitrogens with one attached hydrogen (secondary N) is 1. The van der Waals surface area contributed by atoms with E-state index in [4.69, 9.17) is 14.6 Å². The molecule has 2 aromatic rings. The van der Waals surface area contributed by atoms with Gasteiger partial charge >= 0.3 is 18.6 Å². The molecule has 0 heterocycles. The van der Waals surface area contributed by atoms with E-state index in [0.29, 0.717) is 24.8 Å². The summed E-state index contributed by atoms with van der Waals surface area (Å²) in [5, 5.41) is 12.0. The molecule has 0 bridgehead atoms. The minimum absolute atomic E-state index is 0.0566. The second-order valence-electron chi connectivity index (χ2n) is 7.90. The molecular formula is C24H25F2NO7. The topological polar surface area (TPSA) is 111 Å². The van der Waals surface area contributed by atoms with Gasteiger partial charge in [0.15, 0.2) is 11.5 Å². The first-order chi connectivity index (χ1) is 16.2. The predicted octanol–water partition coefficient (Wildman–Crippen LogP) is 3.99. The van der Waals surface area contributed by atoms with Gasteiger partial charge in [0.05, 0.1) is 12.7 Å². The van der Waals surface area contributed by atoms with Crippen molar-refractivity contribution in [3.8, 4) is 11.5 Å². The lowest BCUT2D eigenvalue weighted by Gasteiger charge is -2.36. The Morgan fingerprint density at radius 3 is 2.29 bits per heavy atom. The summed E-state index contributed by atoms with van der Waals surface area (Å²) in [5.74, 6) is -2.31. The Labute approximate surface area is 194 Å². The lowest BCUT2D eigenvalue weighted by Crippen LogP contribution is -2.44. The van der Waals surface area contributed by atoms with Crippen molar-refractivity contribution in [1.82, 2.24) is 5.32 Å². The van der Waals surface area contributed by atoms with Gasteiger partial charge in [-0.3, -0.25) is 9.59 Å². The van der Waals surface area contributed by atoms with Gasteiger partial charge in [-0.05, 0) is 61.2 Å². The van der Waals surface area contributed by atoms with Crippen molar-refractivity contribution < 1.29 is 42.5 Å². The zero-order chi connectivity index (χ0) is 24.8. The fourth-order valence-electron chi connectivity index (χ4n) is 4.14. The van der Waals surface area contributed by atoms with Crippen molar-refractivity contribution in [3.05, 3.63) is 59.2 Å². The third-order valence-electron chi connectivity index (χ3n) is 5.68. The highest BCUT2D eigenvalue weighted by molar-refractivity contribution is 5.96. The molecular weight excluding hydrogens is 452 g/mol. The molecule has 1 aliphatic rings. The minimum atomic E-state index is -3.05. The van der Waals surface area contributed by atoms with Crippen molar-refractivity contribution in [1.29, 1.82) is 0 Å². The molecule has 182 valence electrons. The number of halogens is 2. The van der Waals surface area contributed by atoms with Crippen LogP contribution in [-0.2, 0) is 9.53 Å². The van der Waals surface area contributed by atoms with Gasteiger partial charge in [-0.2, -0.15) is 8.78 Å². The van der Waals surface area contributed by atoms with Gasteiger partial charge in [-0.1, -0.05) is 6.07 Å². The second-order valence-corrected chi connectivity index (χ2v) is 7.90. The molecule has 0 radical (unpaired) electrons. The first kappa shape index (κ1) is 24.9. The lowest BCUT2D eigenvalue weighted by atomic mass is 9.78. The van der Waals surface area contributed by atoms with Crippen LogP contribution >= 0.6 is 0 Å². The maximum Gasteiger partial charge on any atom is 0.387 e. The van der Waals surface area contributed by atoms with E-state index in [1.807, 2.05) is 0 Å². The number of carbonyl (C=O) groups excluding carboxylic acids is 2. The van der Waals surface area contributed by atoms with Crippen LogP contribution in [0.4, 0.5) is 8.78 Å². The van der Waals surface area contributed by atoms with E-state index in [1.54, 1.807) is 6.07 Å². The van der Waals surface area contributed by atoms with E-state index in [2.05, 4.69) is 10.1 Å². The Morgan fingerprint density at radius 2 is 1.71 bits per heavy atom. The summed E-state index contributed by atoms with van der Waals surface area (Å²) in [4.78, 5) is 35.4. The molecule has 0 spiro atoms. The number of esters is 1. The Morgan fingerprint density at radius 1 is 1.03 bits per heavy atom. The van der Waals surface area contributed by atoms with Gasteiger partial charge in [0.1, 0.15) is 6.10 Å². The highest BCUT2D eigenvalue weighted by Gasteiger charge is 2.35. The molecule has 34 heavy (non-hydrogen) atoms. The number of hydrogen-bond acceptors (Lipinski definition) is 6. The molecule has 1 amide bonds. The monoisotopic (exact) mass is 477 g/mol. The van der Waals surface area contributed by atoms with Gasteiger partial charge in [-0.25, -0.2) is 4.79 Å². The zero-order valence-corrected chi connectivity index (χ0v) is 18.6. The molecule has 0 aromatic heterocycles. The summed E-state index contributed by atoms with van der Waals surface area (Å²) in [6.07, 6.45) is 0.948. The number of benzene rings is 2. The molecule has 10 heteroatoms. The van der Waals surface area contributed by atoms with Crippen LogP contribution in [0.1, 0.15) is 58.4 Å². The van der Waals surface area contributed by atoms with Gasteiger partial charge in [0.25, 0.3) is 5.91 Å². The maximum atomic E-state index is 12.9. The standard InChI is InChI=1S/C24H25F2NO7/c1-13(28)33-17-8-9-19(27-22(29)14-3-5-15(6-4-14)23(30)31)18(12-17)16-7-10-20(32-2)21(11-16)34-24(25)26/h3-7,10-11,17-19,24H,8-9,12H2,1-2H3,(H,27,29)(H,30,31). The summed E-state index contributed by atoms with van der Waals surface area (Å²) in [5.41, 5.74) is 0.947. The van der Waals surface area contributed by atoms with Crippen LogP contribution in [0.3, 0.4) is 0 Å². The summed E-state index contributed by atoms with van der Waals surface area (Å²) < 4.78 is 40.9. The Bertz CT molecular complexity index is 1040. The Balaban J connectivity index is 1.87. The van der Waals surface area contributed by atoms with Crippen LogP contribution in [0, 0.1) is 0 Å². The molecule has 0 aliphatic heterocycles. The van der Waals surface area contributed by atoms with E-state index >= 15 is 0 Å². The first-order valence-electron chi connectivity index (χ1n) is 10.6. The largest absolute Gasteiger partial charge is 0.493 e. The number of carbonyl (C=O) groups is 3. The normalized spacial score (nSPS) is 19.9. The van der Waals surface area contributed by atoms with Crippen molar-refractivity contribution in [2.24, 2.45) is 0 Å². The molecule has 1 aliphatic carbocycles. The van der Waals surface area contributed by atoms with Crippen LogP contribution in [0.25, 0.3) is 0 Å². The predicted molar refractivity (Wildman–Crippen MR) is 116 cm³/mol. The average Bonchev–Trinajstić information content (AvgIpc) is 2.79. The quantitative estimate of drug-likeness (QED) is 0.553. The minimum Gasteiger partial charge on any atom is -0.493 e. The highest BCUT2D eigenvalue weighted by Crippen LogP contribution is 2.39. The fraction of sp³-hybridized carbons (Fsp3) is 0.375. The molecule has 1 fully saturated rings. The molecule has 3 rings (SSSR count). The van der Waals surface area contributed by atoms with Crippen LogP contribution in [0.5, 0.6) is 11.5 Å². The number of ether oxygens (including phenoxy) is 3. The van der Waals surface area contributed by atoms with E-state index in [0.717, 1.165) is 0 Å². The Kier molecular flexibility index (Phi) is 8.04. The third kappa shape index (κ3) is 6.21. The van der Waals surface area contributed by atoms with Crippen LogP contribution in [0.2, 0.25) is 0 Å². The molecule has 0 saturated heterocycles. The van der Waals surface area contributed by atoms with Crippen molar-refractivity contribution >= 4 is 17.8 Å². The summed E-state index contributed by atoms with van der Waals surface area (Å²) in [7, 11) is 1.34. The summed E-state index contributed by atoms with van der Waals surface area (Å²) in [6, 6.07) is 9.75. The molecule has 3 atom stereocenters. The number of rotatable bonds is 8. The average molecular weight is 477 g/mol. The van der Waals surface area contributed by atoms with Crippen LogP contribution < -0.4 is 14.8 Å². The van der Waals surface area contributed by atoms with Gasteiger partial charge < -0.3 is 24.6 Å². The number of amides is 1. The molecule has 2 aromatic carbocycles. The highest BCUT2D eigenvalue weighted by atomic mass is 19.3. The lowest BCUT2D eigenvalue weighted by molar-refractivity contribution is -0.148. The van der Waals surface area contributed by atoms with Crippen molar-refractivity contribution in [2.45, 2.75) is 50.9 Å². The van der Waals surface area contributed by atoms with Gasteiger partial charge in [0.2, 0.25) is 0 Å². The number of hydrogen-bond donors (Lipinski definition) is 2. The van der Waals surface area contributed by atoms with Crippen LogP contribution in [-0.4, -0.2) is 48.8 Å².